The topological polar surface area (TPSA) is 76.7 Å². The van der Waals surface area contributed by atoms with Gasteiger partial charge < -0.3 is 20.1 Å². The Morgan fingerprint density at radius 2 is 0.842 bits per heavy atom. The van der Waals surface area contributed by atoms with Crippen LogP contribution < -0.4 is 20.1 Å². The number of rotatable bonds is 8. The summed E-state index contributed by atoms with van der Waals surface area (Å²) < 4.78 is 12.2. The van der Waals surface area contributed by atoms with Crippen molar-refractivity contribution in [3.63, 3.8) is 0 Å². The molecule has 0 saturated carbocycles. The quantitative estimate of drug-likeness (QED) is 0.339. The van der Waals surface area contributed by atoms with Crippen LogP contribution in [0, 0.1) is 55.4 Å². The molecule has 3 aromatic rings. The number of hydrogen-bond donors (Lipinski definition) is 2. The lowest BCUT2D eigenvalue weighted by Gasteiger charge is -2.22. The van der Waals surface area contributed by atoms with Crippen LogP contribution in [0.2, 0.25) is 0 Å². The van der Waals surface area contributed by atoms with Gasteiger partial charge in [0.15, 0.2) is 12.2 Å². The number of aryl methyl sites for hydroxylation is 7. The molecule has 6 nitrogen and oxygen atoms in total. The Kier molecular flexibility index (Phi) is 8.87. The molecule has 0 saturated heterocycles. The number of amides is 2. The van der Waals surface area contributed by atoms with Crippen LogP contribution in [0.4, 0.5) is 11.4 Å². The number of anilines is 2. The van der Waals surface area contributed by atoms with Gasteiger partial charge in [0.05, 0.1) is 0 Å². The molecule has 0 heterocycles. The summed E-state index contributed by atoms with van der Waals surface area (Å²) >= 11 is 0. The van der Waals surface area contributed by atoms with Gasteiger partial charge >= 0.3 is 0 Å². The van der Waals surface area contributed by atoms with Crippen molar-refractivity contribution in [2.45, 2.75) is 81.4 Å². The van der Waals surface area contributed by atoms with Crippen LogP contribution in [0.25, 0.3) is 0 Å². The molecule has 0 aliphatic rings. The lowest BCUT2D eigenvalue weighted by atomic mass is 10.0. The lowest BCUT2D eigenvalue weighted by molar-refractivity contribution is -0.122. The first-order valence-electron chi connectivity index (χ1n) is 13.0. The number of benzene rings is 3. The van der Waals surface area contributed by atoms with Crippen LogP contribution in [0.15, 0.2) is 36.4 Å². The Morgan fingerprint density at radius 3 is 1.16 bits per heavy atom. The third-order valence-corrected chi connectivity index (χ3v) is 6.65. The zero-order valence-corrected chi connectivity index (χ0v) is 24.3. The van der Waals surface area contributed by atoms with Crippen molar-refractivity contribution >= 4 is 23.2 Å². The molecule has 0 aliphatic carbocycles. The second-order valence-corrected chi connectivity index (χ2v) is 10.4. The standard InChI is InChI=1S/C32H40N2O4/c1-17-11-20(4)29(21(5)12-17)33-31(35)25(9)37-27-15-19(3)16-28(24(27)8)38-26(10)32(36)34-30-22(6)13-18(2)14-23(30)7/h11-16,25-26H,1-10H3,(H,33,35)(H,34,36)/t25-,26-/m1/s1. The van der Waals surface area contributed by atoms with E-state index in [9.17, 15) is 9.59 Å². The average molecular weight is 517 g/mol. The number of hydrogen-bond acceptors (Lipinski definition) is 4. The predicted octanol–water partition coefficient (Wildman–Crippen LogP) is 6.97. The summed E-state index contributed by atoms with van der Waals surface area (Å²) in [6.07, 6.45) is -1.48. The van der Waals surface area contributed by atoms with Crippen LogP contribution in [0.3, 0.4) is 0 Å². The molecule has 3 aromatic carbocycles. The van der Waals surface area contributed by atoms with Crippen molar-refractivity contribution in [3.05, 3.63) is 80.9 Å². The van der Waals surface area contributed by atoms with E-state index in [4.69, 9.17) is 9.47 Å². The monoisotopic (exact) mass is 516 g/mol. The van der Waals surface area contributed by atoms with Gasteiger partial charge in [-0.2, -0.15) is 0 Å². The third kappa shape index (κ3) is 6.74. The van der Waals surface area contributed by atoms with Gasteiger partial charge in [-0.1, -0.05) is 35.4 Å². The number of ether oxygens (including phenoxy) is 2. The van der Waals surface area contributed by atoms with Crippen LogP contribution in [0.5, 0.6) is 11.5 Å². The van der Waals surface area contributed by atoms with E-state index in [0.29, 0.717) is 11.5 Å². The second-order valence-electron chi connectivity index (χ2n) is 10.4. The van der Waals surface area contributed by atoms with E-state index in [0.717, 1.165) is 55.9 Å². The van der Waals surface area contributed by atoms with Crippen molar-refractivity contribution in [2.75, 3.05) is 10.6 Å². The second kappa shape index (κ2) is 11.7. The first-order valence-corrected chi connectivity index (χ1v) is 13.0. The van der Waals surface area contributed by atoms with Gasteiger partial charge in [-0.25, -0.2) is 0 Å². The van der Waals surface area contributed by atoms with E-state index in [1.54, 1.807) is 13.8 Å². The molecule has 0 fully saturated rings. The van der Waals surface area contributed by atoms with Gasteiger partial charge in [0.1, 0.15) is 11.5 Å². The molecule has 0 aliphatic heterocycles. The summed E-state index contributed by atoms with van der Waals surface area (Å²) in [5.41, 5.74) is 9.57. The van der Waals surface area contributed by atoms with Gasteiger partial charge in [0, 0.05) is 16.9 Å². The minimum Gasteiger partial charge on any atom is -0.480 e. The summed E-state index contributed by atoms with van der Waals surface area (Å²) in [6, 6.07) is 11.9. The molecule has 3 rings (SSSR count). The van der Waals surface area contributed by atoms with Crippen LogP contribution in [-0.2, 0) is 9.59 Å². The maximum Gasteiger partial charge on any atom is 0.265 e. The van der Waals surface area contributed by atoms with Crippen molar-refractivity contribution in [1.82, 2.24) is 0 Å². The lowest BCUT2D eigenvalue weighted by Crippen LogP contribution is -2.32. The van der Waals surface area contributed by atoms with Crippen LogP contribution in [0.1, 0.15) is 58.4 Å². The molecular weight excluding hydrogens is 476 g/mol. The van der Waals surface area contributed by atoms with Gasteiger partial charge in [0.25, 0.3) is 11.8 Å². The number of carbonyl (C=O) groups is 2. The maximum absolute atomic E-state index is 13.0. The van der Waals surface area contributed by atoms with E-state index in [1.165, 1.54) is 0 Å². The molecule has 2 N–H and O–H groups in total. The molecule has 0 unspecified atom stereocenters. The van der Waals surface area contributed by atoms with Crippen molar-refractivity contribution in [2.24, 2.45) is 0 Å². The number of carbonyl (C=O) groups excluding carboxylic acids is 2. The van der Waals surface area contributed by atoms with E-state index >= 15 is 0 Å². The summed E-state index contributed by atoms with van der Waals surface area (Å²) in [5.74, 6) is 0.607. The van der Waals surface area contributed by atoms with Gasteiger partial charge in [0.2, 0.25) is 0 Å². The summed E-state index contributed by atoms with van der Waals surface area (Å²) in [4.78, 5) is 26.0. The largest absolute Gasteiger partial charge is 0.480 e. The third-order valence-electron chi connectivity index (χ3n) is 6.65. The van der Waals surface area contributed by atoms with Gasteiger partial charge in [-0.05, 0) is 109 Å². The van der Waals surface area contributed by atoms with Crippen molar-refractivity contribution < 1.29 is 19.1 Å². The molecule has 0 bridgehead atoms. The maximum atomic E-state index is 13.0. The highest BCUT2D eigenvalue weighted by atomic mass is 16.5. The Labute approximate surface area is 226 Å². The van der Waals surface area contributed by atoms with Gasteiger partial charge in [-0.3, -0.25) is 9.59 Å². The highest BCUT2D eigenvalue weighted by molar-refractivity contribution is 5.96. The fraction of sp³-hybridized carbons (Fsp3) is 0.375. The van der Waals surface area contributed by atoms with Crippen molar-refractivity contribution in [1.29, 1.82) is 0 Å². The molecule has 0 aromatic heterocycles. The fourth-order valence-electron chi connectivity index (χ4n) is 4.73. The first kappa shape index (κ1) is 28.8. The summed E-state index contributed by atoms with van der Waals surface area (Å²) in [7, 11) is 0. The molecular formula is C32H40N2O4. The zero-order valence-electron chi connectivity index (χ0n) is 24.3. The van der Waals surface area contributed by atoms with E-state index in [-0.39, 0.29) is 11.8 Å². The summed E-state index contributed by atoms with van der Waals surface area (Å²) in [5, 5.41) is 6.02. The summed E-state index contributed by atoms with van der Waals surface area (Å²) in [6.45, 7) is 19.2. The molecule has 0 radical (unpaired) electrons. The van der Waals surface area contributed by atoms with E-state index in [2.05, 4.69) is 10.6 Å². The van der Waals surface area contributed by atoms with E-state index < -0.39 is 12.2 Å². The minimum atomic E-state index is -0.739. The normalized spacial score (nSPS) is 12.5. The molecule has 38 heavy (non-hydrogen) atoms. The van der Waals surface area contributed by atoms with Crippen LogP contribution >= 0.6 is 0 Å². The Hall–Kier alpha value is -3.80. The van der Waals surface area contributed by atoms with Crippen LogP contribution in [-0.4, -0.2) is 24.0 Å². The Morgan fingerprint density at radius 1 is 0.553 bits per heavy atom. The van der Waals surface area contributed by atoms with E-state index in [1.807, 2.05) is 91.8 Å². The molecule has 2 amide bonds. The fourth-order valence-corrected chi connectivity index (χ4v) is 4.73. The highest BCUT2D eigenvalue weighted by Gasteiger charge is 2.22. The average Bonchev–Trinajstić information content (AvgIpc) is 2.81. The molecule has 2 atom stereocenters. The zero-order chi connectivity index (χ0) is 28.3. The number of nitrogens with one attached hydrogen (secondary N) is 2. The Balaban J connectivity index is 1.73. The minimum absolute atomic E-state index is 0.236. The Bertz CT molecular complexity index is 1230. The smallest absolute Gasteiger partial charge is 0.265 e. The van der Waals surface area contributed by atoms with Gasteiger partial charge in [-0.15, -0.1) is 0 Å². The van der Waals surface area contributed by atoms with Crippen molar-refractivity contribution in [3.8, 4) is 11.5 Å². The molecule has 0 spiro atoms. The first-order chi connectivity index (χ1) is 17.8. The molecule has 202 valence electrons. The highest BCUT2D eigenvalue weighted by Crippen LogP contribution is 2.32. The predicted molar refractivity (Wildman–Crippen MR) is 155 cm³/mol. The SMILES string of the molecule is Cc1cc(C)c(NC(=O)[C@@H](C)Oc2cc(C)cc(O[C@H](C)C(=O)Nc3c(C)cc(C)cc3C)c2C)c(C)c1. The molecule has 6 heteroatoms.